The number of aryl methyl sites for hydroxylation is 1. The molecule has 1 fully saturated rings. The average Bonchev–Trinajstić information content (AvgIpc) is 2.86. The molecule has 3 rings (SSSR count). The Morgan fingerprint density at radius 2 is 1.76 bits per heavy atom. The van der Waals surface area contributed by atoms with Crippen LogP contribution in [0.25, 0.3) is 0 Å². The lowest BCUT2D eigenvalue weighted by atomic mass is 9.95. The third-order valence-corrected chi connectivity index (χ3v) is 4.78. The highest BCUT2D eigenvalue weighted by atomic mass is 15.2. The molecule has 0 aromatic heterocycles. The van der Waals surface area contributed by atoms with Gasteiger partial charge in [-0.05, 0) is 36.1 Å². The molecule has 1 aliphatic rings. The van der Waals surface area contributed by atoms with Crippen molar-refractivity contribution in [3.05, 3.63) is 70.8 Å². The van der Waals surface area contributed by atoms with Crippen LogP contribution in [0.2, 0.25) is 0 Å². The molecule has 2 atom stereocenters. The van der Waals surface area contributed by atoms with Gasteiger partial charge in [-0.15, -0.1) is 0 Å². The Labute approximate surface area is 127 Å². The first-order chi connectivity index (χ1) is 10.1. The van der Waals surface area contributed by atoms with E-state index in [2.05, 4.69) is 67.3 Å². The molecule has 21 heavy (non-hydrogen) atoms. The van der Waals surface area contributed by atoms with Crippen LogP contribution in [0.3, 0.4) is 0 Å². The predicted molar refractivity (Wildman–Crippen MR) is 88.4 cm³/mol. The van der Waals surface area contributed by atoms with Gasteiger partial charge in [0.25, 0.3) is 0 Å². The molecule has 0 saturated carbocycles. The maximum Gasteiger partial charge on any atom is 0.0250 e. The number of rotatable bonds is 3. The minimum absolute atomic E-state index is 0.234. The lowest BCUT2D eigenvalue weighted by Crippen LogP contribution is -2.28. The Balaban J connectivity index is 1.73. The molecule has 2 heteroatoms. The Morgan fingerprint density at radius 3 is 2.52 bits per heavy atom. The number of hydrogen-bond acceptors (Lipinski definition) is 2. The normalized spacial score (nSPS) is 22.6. The molecule has 0 aliphatic carbocycles. The lowest BCUT2D eigenvalue weighted by Gasteiger charge is -2.18. The SMILES string of the molecule is Cc1cccc(CN2C[C@@H](N)[C@H](c3ccccc3)C2)c1C. The summed E-state index contributed by atoms with van der Waals surface area (Å²) in [6.45, 7) is 7.44. The van der Waals surface area contributed by atoms with Crippen molar-refractivity contribution in [2.24, 2.45) is 5.73 Å². The Morgan fingerprint density at radius 1 is 1.00 bits per heavy atom. The van der Waals surface area contributed by atoms with Crippen molar-refractivity contribution in [2.45, 2.75) is 32.4 Å². The van der Waals surface area contributed by atoms with Crippen molar-refractivity contribution in [1.29, 1.82) is 0 Å². The summed E-state index contributed by atoms with van der Waals surface area (Å²) in [5.74, 6) is 0.455. The largest absolute Gasteiger partial charge is 0.326 e. The van der Waals surface area contributed by atoms with Gasteiger partial charge in [0.15, 0.2) is 0 Å². The van der Waals surface area contributed by atoms with E-state index in [4.69, 9.17) is 5.73 Å². The number of hydrogen-bond donors (Lipinski definition) is 1. The second-order valence-electron chi connectivity index (χ2n) is 6.23. The Bertz CT molecular complexity index is 606. The zero-order chi connectivity index (χ0) is 14.8. The zero-order valence-corrected chi connectivity index (χ0v) is 12.9. The van der Waals surface area contributed by atoms with Crippen LogP contribution in [0.1, 0.15) is 28.2 Å². The van der Waals surface area contributed by atoms with Gasteiger partial charge in [-0.3, -0.25) is 4.90 Å². The van der Waals surface area contributed by atoms with E-state index in [1.807, 2.05) is 0 Å². The van der Waals surface area contributed by atoms with Crippen LogP contribution in [0, 0.1) is 13.8 Å². The van der Waals surface area contributed by atoms with Crippen LogP contribution in [0.5, 0.6) is 0 Å². The third-order valence-electron chi connectivity index (χ3n) is 4.78. The van der Waals surface area contributed by atoms with E-state index in [-0.39, 0.29) is 6.04 Å². The predicted octanol–water partition coefficient (Wildman–Crippen LogP) is 3.23. The van der Waals surface area contributed by atoms with Crippen LogP contribution in [-0.4, -0.2) is 24.0 Å². The van der Waals surface area contributed by atoms with E-state index in [1.165, 1.54) is 22.3 Å². The number of nitrogens with two attached hydrogens (primary N) is 1. The molecule has 0 amide bonds. The third kappa shape index (κ3) is 3.02. The fourth-order valence-corrected chi connectivity index (χ4v) is 3.32. The molecule has 0 unspecified atom stereocenters. The van der Waals surface area contributed by atoms with Gasteiger partial charge in [0.05, 0.1) is 0 Å². The van der Waals surface area contributed by atoms with Crippen LogP contribution in [-0.2, 0) is 6.54 Å². The highest BCUT2D eigenvalue weighted by molar-refractivity contribution is 5.33. The summed E-state index contributed by atoms with van der Waals surface area (Å²) >= 11 is 0. The number of benzene rings is 2. The van der Waals surface area contributed by atoms with Gasteiger partial charge in [0, 0.05) is 31.6 Å². The molecule has 110 valence electrons. The van der Waals surface area contributed by atoms with E-state index < -0.39 is 0 Å². The molecule has 0 spiro atoms. The molecule has 1 aliphatic heterocycles. The highest BCUT2D eigenvalue weighted by Gasteiger charge is 2.31. The molecular weight excluding hydrogens is 256 g/mol. The first kappa shape index (κ1) is 14.3. The molecule has 2 aromatic carbocycles. The van der Waals surface area contributed by atoms with E-state index in [0.29, 0.717) is 5.92 Å². The van der Waals surface area contributed by atoms with Crippen molar-refractivity contribution in [2.75, 3.05) is 13.1 Å². The van der Waals surface area contributed by atoms with E-state index in [0.717, 1.165) is 19.6 Å². The van der Waals surface area contributed by atoms with Gasteiger partial charge in [-0.2, -0.15) is 0 Å². The van der Waals surface area contributed by atoms with Gasteiger partial charge in [0.2, 0.25) is 0 Å². The second kappa shape index (κ2) is 6.00. The van der Waals surface area contributed by atoms with Crippen molar-refractivity contribution in [3.63, 3.8) is 0 Å². The maximum absolute atomic E-state index is 6.38. The molecule has 0 radical (unpaired) electrons. The van der Waals surface area contributed by atoms with Gasteiger partial charge < -0.3 is 5.73 Å². The summed E-state index contributed by atoms with van der Waals surface area (Å²) < 4.78 is 0. The monoisotopic (exact) mass is 280 g/mol. The van der Waals surface area contributed by atoms with Crippen molar-refractivity contribution >= 4 is 0 Å². The van der Waals surface area contributed by atoms with Crippen LogP contribution in [0.15, 0.2) is 48.5 Å². The standard InChI is InChI=1S/C19H24N2/c1-14-7-6-10-17(15(14)2)11-21-12-18(19(20)13-21)16-8-4-3-5-9-16/h3-10,18-19H,11-13,20H2,1-2H3/t18-,19+/m0/s1. The fourth-order valence-electron chi connectivity index (χ4n) is 3.32. The zero-order valence-electron chi connectivity index (χ0n) is 12.9. The summed E-state index contributed by atoms with van der Waals surface area (Å²) in [5.41, 5.74) is 12.0. The summed E-state index contributed by atoms with van der Waals surface area (Å²) in [7, 11) is 0. The Kier molecular flexibility index (Phi) is 4.09. The van der Waals surface area contributed by atoms with Crippen LogP contribution < -0.4 is 5.73 Å². The minimum Gasteiger partial charge on any atom is -0.326 e. The van der Waals surface area contributed by atoms with Crippen LogP contribution in [0.4, 0.5) is 0 Å². The van der Waals surface area contributed by atoms with Gasteiger partial charge >= 0.3 is 0 Å². The smallest absolute Gasteiger partial charge is 0.0250 e. The van der Waals surface area contributed by atoms with Crippen molar-refractivity contribution in [3.8, 4) is 0 Å². The highest BCUT2D eigenvalue weighted by Crippen LogP contribution is 2.28. The molecule has 2 aromatic rings. The first-order valence-electron chi connectivity index (χ1n) is 7.73. The number of likely N-dealkylation sites (tertiary alicyclic amines) is 1. The minimum atomic E-state index is 0.234. The molecule has 1 saturated heterocycles. The van der Waals surface area contributed by atoms with Crippen LogP contribution >= 0.6 is 0 Å². The summed E-state index contributed by atoms with van der Waals surface area (Å²) in [4.78, 5) is 2.49. The maximum atomic E-state index is 6.38. The van der Waals surface area contributed by atoms with Gasteiger partial charge in [0.1, 0.15) is 0 Å². The van der Waals surface area contributed by atoms with E-state index in [1.54, 1.807) is 0 Å². The van der Waals surface area contributed by atoms with Gasteiger partial charge in [-0.1, -0.05) is 48.5 Å². The second-order valence-corrected chi connectivity index (χ2v) is 6.23. The molecule has 2 N–H and O–H groups in total. The summed E-state index contributed by atoms with van der Waals surface area (Å²) in [6, 6.07) is 17.5. The fraction of sp³-hybridized carbons (Fsp3) is 0.368. The van der Waals surface area contributed by atoms with E-state index in [9.17, 15) is 0 Å². The number of nitrogens with zero attached hydrogens (tertiary/aromatic N) is 1. The molecule has 0 bridgehead atoms. The van der Waals surface area contributed by atoms with Crippen molar-refractivity contribution in [1.82, 2.24) is 4.90 Å². The van der Waals surface area contributed by atoms with Gasteiger partial charge in [-0.25, -0.2) is 0 Å². The molecule has 1 heterocycles. The average molecular weight is 280 g/mol. The molecular formula is C19H24N2. The quantitative estimate of drug-likeness (QED) is 0.935. The molecule has 2 nitrogen and oxygen atoms in total. The summed E-state index contributed by atoms with van der Waals surface area (Å²) in [6.07, 6.45) is 0. The van der Waals surface area contributed by atoms with Crippen molar-refractivity contribution < 1.29 is 0 Å². The topological polar surface area (TPSA) is 29.3 Å². The first-order valence-corrected chi connectivity index (χ1v) is 7.73. The summed E-state index contributed by atoms with van der Waals surface area (Å²) in [5, 5.41) is 0. The lowest BCUT2D eigenvalue weighted by molar-refractivity contribution is 0.323. The Hall–Kier alpha value is -1.64. The van der Waals surface area contributed by atoms with E-state index >= 15 is 0 Å².